The number of nitrogens with zero attached hydrogens (tertiary/aromatic N) is 1. The zero-order valence-corrected chi connectivity index (χ0v) is 18.6. The average molecular weight is 436 g/mol. The molecule has 2 N–H and O–H groups in total. The van der Waals surface area contributed by atoms with Gasteiger partial charge in [0.2, 0.25) is 0 Å². The number of aromatic nitrogens is 1. The summed E-state index contributed by atoms with van der Waals surface area (Å²) in [5.41, 5.74) is 4.94. The van der Waals surface area contributed by atoms with Crippen LogP contribution in [-0.4, -0.2) is 23.5 Å². The van der Waals surface area contributed by atoms with Crippen LogP contribution in [0.5, 0.6) is 0 Å². The molecule has 2 aromatic carbocycles. The first kappa shape index (κ1) is 19.3. The fourth-order valence-electron chi connectivity index (χ4n) is 3.98. The maximum atomic E-state index is 12.6. The fourth-order valence-corrected chi connectivity index (χ4v) is 5.32. The number of rotatable bonds is 2. The number of hydrogen-bond acceptors (Lipinski definition) is 4. The van der Waals surface area contributed by atoms with Gasteiger partial charge in [-0.2, -0.15) is 0 Å². The Hall–Kier alpha value is -2.63. The minimum atomic E-state index is -0.0124. The molecule has 30 heavy (non-hydrogen) atoms. The Balaban J connectivity index is 1.69. The van der Waals surface area contributed by atoms with Crippen LogP contribution in [-0.2, 0) is 0 Å². The molecular formula is C24H22ClN3OS. The highest BCUT2D eigenvalue weighted by Crippen LogP contribution is 2.41. The predicted octanol–water partition coefficient (Wildman–Crippen LogP) is 6.44. The van der Waals surface area contributed by atoms with Crippen LogP contribution in [0.15, 0.2) is 42.5 Å². The standard InChI is InChI=1S/C24H22ClN3OS/c1-12(2)14-8-15(10-16(25)9-14)18-5-4-17-19(28-18)6-7-20-21(17)22-23(30-20)24(29)27-13(3)11-26-22/h4-10,12-13,26H,11H2,1-3H3,(H,27,29)/t13-/m1/s1. The van der Waals surface area contributed by atoms with Gasteiger partial charge in [0.1, 0.15) is 4.88 Å². The van der Waals surface area contributed by atoms with Crippen LogP contribution >= 0.6 is 22.9 Å². The lowest BCUT2D eigenvalue weighted by molar-refractivity contribution is 0.0949. The van der Waals surface area contributed by atoms with E-state index < -0.39 is 0 Å². The molecule has 0 bridgehead atoms. The lowest BCUT2D eigenvalue weighted by Crippen LogP contribution is -2.34. The molecule has 5 rings (SSSR count). The molecule has 6 heteroatoms. The molecule has 1 atom stereocenters. The molecule has 3 heterocycles. The van der Waals surface area contributed by atoms with E-state index >= 15 is 0 Å². The maximum absolute atomic E-state index is 12.6. The summed E-state index contributed by atoms with van der Waals surface area (Å²) in [4.78, 5) is 18.3. The summed E-state index contributed by atoms with van der Waals surface area (Å²) in [7, 11) is 0. The van der Waals surface area contributed by atoms with E-state index in [0.29, 0.717) is 12.5 Å². The summed E-state index contributed by atoms with van der Waals surface area (Å²) in [6.45, 7) is 7.03. The number of anilines is 1. The van der Waals surface area contributed by atoms with Crippen LogP contribution in [0.3, 0.4) is 0 Å². The van der Waals surface area contributed by atoms with Crippen molar-refractivity contribution >= 4 is 55.5 Å². The second kappa shape index (κ2) is 7.25. The minimum Gasteiger partial charge on any atom is -0.381 e. The highest BCUT2D eigenvalue weighted by Gasteiger charge is 2.24. The van der Waals surface area contributed by atoms with E-state index in [9.17, 15) is 4.79 Å². The van der Waals surface area contributed by atoms with Crippen LogP contribution in [0.4, 0.5) is 5.69 Å². The van der Waals surface area contributed by atoms with Gasteiger partial charge in [0.05, 0.1) is 16.9 Å². The molecule has 0 fully saturated rings. The number of pyridine rings is 1. The molecular weight excluding hydrogens is 414 g/mol. The van der Waals surface area contributed by atoms with Crippen molar-refractivity contribution in [1.29, 1.82) is 0 Å². The molecule has 152 valence electrons. The van der Waals surface area contributed by atoms with Gasteiger partial charge in [0.25, 0.3) is 5.91 Å². The molecule has 1 aliphatic rings. The van der Waals surface area contributed by atoms with E-state index in [1.54, 1.807) is 0 Å². The van der Waals surface area contributed by atoms with E-state index in [-0.39, 0.29) is 11.9 Å². The number of thiophene rings is 1. The SMILES string of the molecule is CC(C)c1cc(Cl)cc(-c2ccc3c(ccc4sc5c(c43)NC[C@@H](C)NC5=O)n2)c1. The van der Waals surface area contributed by atoms with Crippen molar-refractivity contribution < 1.29 is 4.79 Å². The highest BCUT2D eigenvalue weighted by molar-refractivity contribution is 7.21. The monoisotopic (exact) mass is 435 g/mol. The summed E-state index contributed by atoms with van der Waals surface area (Å²) >= 11 is 7.90. The first-order chi connectivity index (χ1) is 14.4. The maximum Gasteiger partial charge on any atom is 0.263 e. The number of amides is 1. The van der Waals surface area contributed by atoms with Gasteiger partial charge in [0.15, 0.2) is 0 Å². The number of hydrogen-bond donors (Lipinski definition) is 2. The van der Waals surface area contributed by atoms with Crippen LogP contribution in [0.25, 0.3) is 32.2 Å². The van der Waals surface area contributed by atoms with Crippen LogP contribution < -0.4 is 10.6 Å². The van der Waals surface area contributed by atoms with Crippen molar-refractivity contribution in [2.24, 2.45) is 0 Å². The smallest absolute Gasteiger partial charge is 0.263 e. The Bertz CT molecular complexity index is 1310. The second-order valence-corrected chi connectivity index (χ2v) is 9.68. The van der Waals surface area contributed by atoms with E-state index in [1.165, 1.54) is 16.9 Å². The fraction of sp³-hybridized carbons (Fsp3) is 0.250. The largest absolute Gasteiger partial charge is 0.381 e. The van der Waals surface area contributed by atoms with Crippen molar-refractivity contribution in [1.82, 2.24) is 10.3 Å². The Morgan fingerprint density at radius 1 is 1.17 bits per heavy atom. The summed E-state index contributed by atoms with van der Waals surface area (Å²) in [6.07, 6.45) is 0. The van der Waals surface area contributed by atoms with E-state index in [0.717, 1.165) is 47.8 Å². The van der Waals surface area contributed by atoms with Crippen LogP contribution in [0.2, 0.25) is 5.02 Å². The Morgan fingerprint density at radius 3 is 2.80 bits per heavy atom. The third-order valence-electron chi connectivity index (χ3n) is 5.57. The average Bonchev–Trinajstić information content (AvgIpc) is 3.04. The molecule has 4 nitrogen and oxygen atoms in total. The van der Waals surface area contributed by atoms with Gasteiger partial charge in [0, 0.05) is 38.6 Å². The van der Waals surface area contributed by atoms with Crippen molar-refractivity contribution in [3.05, 3.63) is 57.9 Å². The summed E-state index contributed by atoms with van der Waals surface area (Å²) in [5, 5.41) is 9.36. The zero-order chi connectivity index (χ0) is 21.0. The van der Waals surface area contributed by atoms with Crippen LogP contribution in [0.1, 0.15) is 41.9 Å². The highest BCUT2D eigenvalue weighted by atomic mass is 35.5. The lowest BCUT2D eigenvalue weighted by atomic mass is 9.99. The molecule has 4 aromatic rings. The molecule has 1 amide bonds. The van der Waals surface area contributed by atoms with Crippen molar-refractivity contribution in [2.75, 3.05) is 11.9 Å². The van der Waals surface area contributed by atoms with Gasteiger partial charge in [-0.15, -0.1) is 11.3 Å². The Morgan fingerprint density at radius 2 is 2.00 bits per heavy atom. The summed E-state index contributed by atoms with van der Waals surface area (Å²) in [5.74, 6) is 0.380. The number of nitrogens with one attached hydrogen (secondary N) is 2. The van der Waals surface area contributed by atoms with Gasteiger partial charge in [-0.1, -0.05) is 25.4 Å². The molecule has 0 spiro atoms. The quantitative estimate of drug-likeness (QED) is 0.381. The Kier molecular flexibility index (Phi) is 4.68. The van der Waals surface area contributed by atoms with E-state index in [1.807, 2.05) is 31.2 Å². The van der Waals surface area contributed by atoms with Gasteiger partial charge < -0.3 is 10.6 Å². The first-order valence-corrected chi connectivity index (χ1v) is 11.3. The molecule has 0 saturated carbocycles. The third-order valence-corrected chi connectivity index (χ3v) is 6.95. The number of benzene rings is 2. The predicted molar refractivity (Wildman–Crippen MR) is 127 cm³/mol. The van der Waals surface area contributed by atoms with Gasteiger partial charge in [-0.05, 0) is 60.9 Å². The number of fused-ring (bicyclic) bond motifs is 5. The topological polar surface area (TPSA) is 54.0 Å². The normalized spacial score (nSPS) is 16.4. The lowest BCUT2D eigenvalue weighted by Gasteiger charge is -2.11. The van der Waals surface area contributed by atoms with E-state index in [4.69, 9.17) is 16.6 Å². The van der Waals surface area contributed by atoms with E-state index in [2.05, 4.69) is 42.7 Å². The molecule has 0 aliphatic carbocycles. The number of halogens is 1. The van der Waals surface area contributed by atoms with Gasteiger partial charge in [-0.3, -0.25) is 4.79 Å². The third kappa shape index (κ3) is 3.22. The molecule has 1 aliphatic heterocycles. The van der Waals surface area contributed by atoms with Gasteiger partial charge >= 0.3 is 0 Å². The summed E-state index contributed by atoms with van der Waals surface area (Å²) < 4.78 is 1.09. The molecule has 2 aromatic heterocycles. The zero-order valence-electron chi connectivity index (χ0n) is 17.0. The van der Waals surface area contributed by atoms with Crippen LogP contribution in [0, 0.1) is 0 Å². The van der Waals surface area contributed by atoms with Crippen molar-refractivity contribution in [3.63, 3.8) is 0 Å². The Labute approximate surface area is 184 Å². The van der Waals surface area contributed by atoms with Crippen molar-refractivity contribution in [3.8, 4) is 11.3 Å². The minimum absolute atomic E-state index is 0.0124. The van der Waals surface area contributed by atoms with Gasteiger partial charge in [-0.25, -0.2) is 4.98 Å². The summed E-state index contributed by atoms with van der Waals surface area (Å²) in [6, 6.07) is 14.5. The molecule has 0 unspecified atom stereocenters. The number of carbonyl (C=O) groups is 1. The molecule has 0 radical (unpaired) electrons. The first-order valence-electron chi connectivity index (χ1n) is 10.1. The molecule has 0 saturated heterocycles. The number of carbonyl (C=O) groups excluding carboxylic acids is 1. The van der Waals surface area contributed by atoms with Crippen molar-refractivity contribution in [2.45, 2.75) is 32.7 Å². The second-order valence-electron chi connectivity index (χ2n) is 8.19.